The summed E-state index contributed by atoms with van der Waals surface area (Å²) in [6.45, 7) is 3.38. The van der Waals surface area contributed by atoms with Crippen LogP contribution in [0.25, 0.3) is 0 Å². The maximum absolute atomic E-state index is 14.0. The molecule has 0 rings (SSSR count). The van der Waals surface area contributed by atoms with Crippen molar-refractivity contribution < 1.29 is 58.9 Å². The van der Waals surface area contributed by atoms with Crippen molar-refractivity contribution in [3.8, 4) is 0 Å². The van der Waals surface area contributed by atoms with Crippen LogP contribution in [0.5, 0.6) is 0 Å². The molecule has 0 fully saturated rings. The van der Waals surface area contributed by atoms with Crippen LogP contribution in [0.2, 0.25) is 0 Å². The molecule has 0 aromatic carbocycles. The van der Waals surface area contributed by atoms with Crippen molar-refractivity contribution in [2.24, 2.45) is 5.92 Å². The van der Waals surface area contributed by atoms with Crippen LogP contribution in [-0.2, 0) is 14.3 Å². The van der Waals surface area contributed by atoms with Crippen LogP contribution < -0.4 is 0 Å². The van der Waals surface area contributed by atoms with Gasteiger partial charge in [-0.05, 0) is 12.3 Å². The van der Waals surface area contributed by atoms with Crippen LogP contribution >= 0.6 is 0 Å². The molecule has 1 N–H and O–H groups in total. The molecule has 31 heavy (non-hydrogen) atoms. The second-order valence-corrected chi connectivity index (χ2v) is 6.94. The zero-order valence-electron chi connectivity index (χ0n) is 16.6. The number of carboxylic acid groups (broad SMARTS) is 1. The summed E-state index contributed by atoms with van der Waals surface area (Å²) in [4.78, 5) is 22.0. The van der Waals surface area contributed by atoms with E-state index < -0.39 is 60.7 Å². The summed E-state index contributed by atoms with van der Waals surface area (Å²) < 4.78 is 123. The van der Waals surface area contributed by atoms with E-state index >= 15 is 0 Å². The number of esters is 1. The summed E-state index contributed by atoms with van der Waals surface area (Å²) in [5.74, 6) is -23.5. The van der Waals surface area contributed by atoms with Gasteiger partial charge in [0.2, 0.25) is 0 Å². The quantitative estimate of drug-likeness (QED) is 0.202. The highest BCUT2D eigenvalue weighted by Gasteiger charge is 2.81. The molecule has 182 valence electrons. The van der Waals surface area contributed by atoms with Crippen LogP contribution in [0.1, 0.15) is 52.4 Å². The first kappa shape index (κ1) is 29.1. The Hall–Kier alpha value is -1.95. The van der Waals surface area contributed by atoms with E-state index in [0.717, 1.165) is 0 Å². The van der Waals surface area contributed by atoms with Gasteiger partial charge in [-0.3, -0.25) is 0 Å². The Morgan fingerprint density at radius 3 is 1.90 bits per heavy atom. The zero-order valence-corrected chi connectivity index (χ0v) is 16.6. The monoisotopic (exact) mass is 474 g/mol. The Labute approximate surface area is 172 Å². The molecule has 0 aliphatic rings. The fourth-order valence-electron chi connectivity index (χ4n) is 2.69. The predicted octanol–water partition coefficient (Wildman–Crippen LogP) is 6.00. The number of carbonyl (C=O) groups is 2. The van der Waals surface area contributed by atoms with Crippen molar-refractivity contribution in [1.82, 2.24) is 0 Å². The first-order valence-electron chi connectivity index (χ1n) is 9.24. The average Bonchev–Trinajstić information content (AvgIpc) is 2.61. The average molecular weight is 474 g/mol. The molecule has 2 unspecified atom stereocenters. The van der Waals surface area contributed by atoms with Crippen molar-refractivity contribution in [2.45, 2.75) is 82.4 Å². The Balaban J connectivity index is 5.83. The molecule has 0 saturated heterocycles. The van der Waals surface area contributed by atoms with Gasteiger partial charge in [-0.15, -0.1) is 0 Å². The van der Waals surface area contributed by atoms with Gasteiger partial charge >= 0.3 is 35.9 Å². The summed E-state index contributed by atoms with van der Waals surface area (Å²) in [5.41, 5.74) is 0. The minimum Gasteiger partial charge on any atom is -0.478 e. The third-order valence-corrected chi connectivity index (χ3v) is 4.48. The number of carbonyl (C=O) groups excluding carboxylic acids is 1. The highest BCUT2D eigenvalue weighted by molar-refractivity contribution is 5.90. The maximum atomic E-state index is 14.0. The summed E-state index contributed by atoms with van der Waals surface area (Å²) in [6, 6.07) is 0. The van der Waals surface area contributed by atoms with Crippen molar-refractivity contribution in [3.05, 3.63) is 12.2 Å². The highest BCUT2D eigenvalue weighted by atomic mass is 19.4. The second kappa shape index (κ2) is 11.1. The first-order chi connectivity index (χ1) is 13.9. The van der Waals surface area contributed by atoms with Crippen LogP contribution in [-0.4, -0.2) is 47.1 Å². The first-order valence-corrected chi connectivity index (χ1v) is 9.24. The number of unbranched alkanes of at least 4 members (excludes halogenated alkanes) is 1. The molecule has 0 aromatic rings. The van der Waals surface area contributed by atoms with E-state index in [2.05, 4.69) is 4.74 Å². The van der Waals surface area contributed by atoms with Gasteiger partial charge in [0.15, 0.2) is 0 Å². The minimum absolute atomic E-state index is 0.248. The van der Waals surface area contributed by atoms with E-state index in [-0.39, 0.29) is 12.2 Å². The lowest BCUT2D eigenvalue weighted by Crippen LogP contribution is -2.61. The van der Waals surface area contributed by atoms with Gasteiger partial charge in [0.05, 0.1) is 6.42 Å². The van der Waals surface area contributed by atoms with Gasteiger partial charge in [0.1, 0.15) is 6.10 Å². The molecule has 2 atom stereocenters. The third-order valence-electron chi connectivity index (χ3n) is 4.48. The predicted molar refractivity (Wildman–Crippen MR) is 90.1 cm³/mol. The normalized spacial score (nSPS) is 15.7. The Bertz CT molecular complexity index is 630. The van der Waals surface area contributed by atoms with Gasteiger partial charge < -0.3 is 9.84 Å². The van der Waals surface area contributed by atoms with Gasteiger partial charge in [-0.1, -0.05) is 39.5 Å². The zero-order chi connectivity index (χ0) is 24.7. The Morgan fingerprint density at radius 1 is 0.935 bits per heavy atom. The molecule has 0 heterocycles. The number of hydrogen-bond acceptors (Lipinski definition) is 3. The van der Waals surface area contributed by atoms with E-state index in [9.17, 15) is 49.1 Å². The van der Waals surface area contributed by atoms with E-state index in [0.29, 0.717) is 25.7 Å². The number of carboxylic acids is 1. The van der Waals surface area contributed by atoms with E-state index in [4.69, 9.17) is 5.11 Å². The van der Waals surface area contributed by atoms with E-state index in [1.54, 1.807) is 13.8 Å². The third kappa shape index (κ3) is 7.91. The largest absolute Gasteiger partial charge is 0.478 e. The summed E-state index contributed by atoms with van der Waals surface area (Å²) in [5, 5.41) is 8.43. The van der Waals surface area contributed by atoms with Gasteiger partial charge in [0.25, 0.3) is 0 Å². The molecule has 0 aliphatic heterocycles. The molecule has 0 radical (unpaired) electrons. The Kier molecular flexibility index (Phi) is 10.4. The standard InChI is InChI=1S/C18H23F9O4/c1-3-5-6-11(4-2)9-12(31-14(30)8-7-13(28)29)10-15(19,20)16(21,22)17(23,24)18(25,26)27/h7-8,11-12H,3-6,9-10H2,1-2H3,(H,28,29)/b8-7+. The highest BCUT2D eigenvalue weighted by Crippen LogP contribution is 2.54. The number of aliphatic carboxylic acids is 1. The van der Waals surface area contributed by atoms with Gasteiger partial charge in [-0.25, -0.2) is 9.59 Å². The van der Waals surface area contributed by atoms with Crippen LogP contribution in [0.15, 0.2) is 12.2 Å². The molecule has 13 heteroatoms. The van der Waals surface area contributed by atoms with E-state index in [1.165, 1.54) is 0 Å². The number of hydrogen-bond donors (Lipinski definition) is 1. The Morgan fingerprint density at radius 2 is 1.48 bits per heavy atom. The van der Waals surface area contributed by atoms with Crippen molar-refractivity contribution >= 4 is 11.9 Å². The summed E-state index contributed by atoms with van der Waals surface area (Å²) in [6.07, 6.45) is -9.56. The van der Waals surface area contributed by atoms with Gasteiger partial charge in [-0.2, -0.15) is 39.5 Å². The topological polar surface area (TPSA) is 63.6 Å². The summed E-state index contributed by atoms with van der Waals surface area (Å²) in [7, 11) is 0. The fraction of sp³-hybridized carbons (Fsp3) is 0.778. The van der Waals surface area contributed by atoms with Crippen LogP contribution in [0.3, 0.4) is 0 Å². The molecule has 0 bridgehead atoms. The molecule has 0 spiro atoms. The smallest absolute Gasteiger partial charge is 0.460 e. The van der Waals surface area contributed by atoms with E-state index in [1.807, 2.05) is 0 Å². The molecular weight excluding hydrogens is 451 g/mol. The second-order valence-electron chi connectivity index (χ2n) is 6.94. The lowest BCUT2D eigenvalue weighted by Gasteiger charge is -2.35. The van der Waals surface area contributed by atoms with Gasteiger partial charge in [0, 0.05) is 12.2 Å². The molecule has 0 saturated carbocycles. The van der Waals surface area contributed by atoms with Crippen molar-refractivity contribution in [1.29, 1.82) is 0 Å². The number of halogens is 9. The minimum atomic E-state index is -7.05. The molecule has 4 nitrogen and oxygen atoms in total. The molecular formula is C18H23F9O4. The molecule has 0 amide bonds. The molecule has 0 aromatic heterocycles. The SMILES string of the molecule is CCCCC(CC)CC(CC(F)(F)C(F)(F)C(F)(F)C(F)(F)F)OC(=O)/C=C/C(=O)O. The maximum Gasteiger partial charge on any atom is 0.460 e. The van der Waals surface area contributed by atoms with Crippen molar-refractivity contribution in [2.75, 3.05) is 0 Å². The number of alkyl halides is 9. The fourth-order valence-corrected chi connectivity index (χ4v) is 2.69. The summed E-state index contributed by atoms with van der Waals surface area (Å²) >= 11 is 0. The van der Waals surface area contributed by atoms with Crippen LogP contribution in [0, 0.1) is 5.92 Å². The number of rotatable bonds is 13. The number of ether oxygens (including phenoxy) is 1. The van der Waals surface area contributed by atoms with Crippen molar-refractivity contribution in [3.63, 3.8) is 0 Å². The lowest BCUT2D eigenvalue weighted by molar-refractivity contribution is -0.398. The van der Waals surface area contributed by atoms with Crippen LogP contribution in [0.4, 0.5) is 39.5 Å². The lowest BCUT2D eigenvalue weighted by atomic mass is 9.89. The molecule has 0 aliphatic carbocycles.